The maximum absolute atomic E-state index is 14.2. The third kappa shape index (κ3) is 4.52. The van der Waals surface area contributed by atoms with Crippen LogP contribution in [0.5, 0.6) is 0 Å². The molecule has 1 amide bonds. The number of imidazole rings is 1. The maximum Gasteiger partial charge on any atom is 0.233 e. The van der Waals surface area contributed by atoms with E-state index in [1.807, 2.05) is 23.2 Å². The van der Waals surface area contributed by atoms with Crippen molar-refractivity contribution in [2.75, 3.05) is 39.5 Å². The van der Waals surface area contributed by atoms with Gasteiger partial charge in [0.25, 0.3) is 0 Å². The second-order valence-electron chi connectivity index (χ2n) is 9.52. The zero-order valence-corrected chi connectivity index (χ0v) is 19.5. The van der Waals surface area contributed by atoms with Gasteiger partial charge in [0.2, 0.25) is 5.91 Å². The highest BCUT2D eigenvalue weighted by Gasteiger charge is 2.44. The lowest BCUT2D eigenvalue weighted by molar-refractivity contribution is -0.141. The number of ether oxygens (including phenoxy) is 2. The molecule has 7 heteroatoms. The molecular formula is C26H32N4O3. The van der Waals surface area contributed by atoms with Gasteiger partial charge >= 0.3 is 0 Å². The topological polar surface area (TPSA) is 69.0 Å². The van der Waals surface area contributed by atoms with E-state index in [-0.39, 0.29) is 11.8 Å². The average molecular weight is 449 g/mol. The van der Waals surface area contributed by atoms with Crippen LogP contribution in [0.2, 0.25) is 0 Å². The Labute approximate surface area is 194 Å². The average Bonchev–Trinajstić information content (AvgIpc) is 3.16. The van der Waals surface area contributed by atoms with E-state index in [0.717, 1.165) is 36.2 Å². The molecule has 2 fully saturated rings. The molecule has 0 radical (unpaired) electrons. The molecule has 1 aromatic carbocycles. The summed E-state index contributed by atoms with van der Waals surface area (Å²) in [6.07, 6.45) is 5.81. The molecule has 0 N–H and O–H groups in total. The van der Waals surface area contributed by atoms with Gasteiger partial charge in [0, 0.05) is 44.6 Å². The third-order valence-electron chi connectivity index (χ3n) is 6.96. The van der Waals surface area contributed by atoms with Crippen molar-refractivity contribution >= 4 is 11.6 Å². The summed E-state index contributed by atoms with van der Waals surface area (Å²) >= 11 is 0. The molecule has 2 aliphatic rings. The molecule has 33 heavy (non-hydrogen) atoms. The number of hydrogen-bond acceptors (Lipinski definition) is 5. The van der Waals surface area contributed by atoms with Gasteiger partial charge in [-0.25, -0.2) is 9.50 Å². The lowest BCUT2D eigenvalue weighted by Gasteiger charge is -2.40. The molecule has 174 valence electrons. The molecule has 0 saturated carbocycles. The van der Waals surface area contributed by atoms with Gasteiger partial charge in [-0.15, -0.1) is 0 Å². The predicted octanol–water partition coefficient (Wildman–Crippen LogP) is 3.11. The van der Waals surface area contributed by atoms with Crippen LogP contribution in [0.25, 0.3) is 5.65 Å². The number of carbonyl (C=O) groups is 1. The number of nitrogens with zero attached hydrogens (tertiary/aromatic N) is 4. The Bertz CT molecular complexity index is 1120. The van der Waals surface area contributed by atoms with Gasteiger partial charge < -0.3 is 14.4 Å². The van der Waals surface area contributed by atoms with E-state index in [0.29, 0.717) is 39.5 Å². The second kappa shape index (κ2) is 9.23. The molecule has 1 atom stereocenters. The number of rotatable bonds is 4. The fourth-order valence-electron chi connectivity index (χ4n) is 5.35. The fourth-order valence-corrected chi connectivity index (χ4v) is 5.35. The molecule has 0 spiro atoms. The predicted molar refractivity (Wildman–Crippen MR) is 125 cm³/mol. The van der Waals surface area contributed by atoms with Crippen LogP contribution in [0.3, 0.4) is 0 Å². The van der Waals surface area contributed by atoms with Crippen LogP contribution in [-0.4, -0.2) is 64.9 Å². The fraction of sp³-hybridized carbons (Fsp3) is 0.500. The number of aryl methyl sites for hydroxylation is 2. The Morgan fingerprint density at radius 3 is 2.67 bits per heavy atom. The van der Waals surface area contributed by atoms with Crippen LogP contribution in [-0.2, 0) is 26.1 Å². The lowest BCUT2D eigenvalue weighted by Crippen LogP contribution is -2.51. The van der Waals surface area contributed by atoms with E-state index < -0.39 is 5.41 Å². The molecule has 5 rings (SSSR count). The first-order valence-corrected chi connectivity index (χ1v) is 11.9. The Morgan fingerprint density at radius 1 is 1.09 bits per heavy atom. The van der Waals surface area contributed by atoms with E-state index in [1.165, 1.54) is 11.1 Å². The van der Waals surface area contributed by atoms with Gasteiger partial charge in [0.05, 0.1) is 24.3 Å². The standard InChI is InChI=1S/C26H32N4O3/c1-19-13-20(2)15-22(14-19)26(5-10-32-11-6-26)25(31)29-9-12-33-18-21(17-29)16-23-3-4-24-27-7-8-30(24)28-23/h3-4,7-8,13-15,21H,5-6,9-12,16-18H2,1-2H3. The largest absolute Gasteiger partial charge is 0.381 e. The molecule has 2 aromatic heterocycles. The first-order valence-electron chi connectivity index (χ1n) is 11.9. The normalized spacial score (nSPS) is 21.2. The quantitative estimate of drug-likeness (QED) is 0.614. The van der Waals surface area contributed by atoms with Crippen LogP contribution in [0.1, 0.15) is 35.2 Å². The smallest absolute Gasteiger partial charge is 0.233 e. The number of fused-ring (bicyclic) bond motifs is 1. The van der Waals surface area contributed by atoms with Crippen molar-refractivity contribution in [2.45, 2.75) is 38.5 Å². The minimum Gasteiger partial charge on any atom is -0.381 e. The Morgan fingerprint density at radius 2 is 1.88 bits per heavy atom. The van der Waals surface area contributed by atoms with Gasteiger partial charge in [-0.2, -0.15) is 5.10 Å². The van der Waals surface area contributed by atoms with Crippen molar-refractivity contribution < 1.29 is 14.3 Å². The van der Waals surface area contributed by atoms with Crippen molar-refractivity contribution in [3.8, 4) is 0 Å². The number of amides is 1. The summed E-state index contributed by atoms with van der Waals surface area (Å²) in [6, 6.07) is 10.5. The zero-order chi connectivity index (χ0) is 22.8. The molecule has 0 bridgehead atoms. The molecular weight excluding hydrogens is 416 g/mol. The molecule has 3 aromatic rings. The van der Waals surface area contributed by atoms with E-state index in [1.54, 1.807) is 10.7 Å². The molecule has 7 nitrogen and oxygen atoms in total. The van der Waals surface area contributed by atoms with Gasteiger partial charge in [-0.3, -0.25) is 4.79 Å². The SMILES string of the molecule is Cc1cc(C)cc(C2(C(=O)N3CCOCC(Cc4ccc5nccn5n4)C3)CCOCC2)c1. The van der Waals surface area contributed by atoms with E-state index in [9.17, 15) is 4.79 Å². The van der Waals surface area contributed by atoms with Crippen molar-refractivity contribution in [2.24, 2.45) is 5.92 Å². The van der Waals surface area contributed by atoms with Crippen molar-refractivity contribution in [1.82, 2.24) is 19.5 Å². The van der Waals surface area contributed by atoms with Crippen LogP contribution in [0, 0.1) is 19.8 Å². The summed E-state index contributed by atoms with van der Waals surface area (Å²) in [6.45, 7) is 7.93. The first-order chi connectivity index (χ1) is 16.0. The third-order valence-corrected chi connectivity index (χ3v) is 6.96. The highest BCUT2D eigenvalue weighted by atomic mass is 16.5. The summed E-state index contributed by atoms with van der Waals surface area (Å²) in [5.74, 6) is 0.408. The lowest BCUT2D eigenvalue weighted by atomic mass is 9.72. The first kappa shape index (κ1) is 22.0. The summed E-state index contributed by atoms with van der Waals surface area (Å²) in [7, 11) is 0. The Kier molecular flexibility index (Phi) is 6.17. The summed E-state index contributed by atoms with van der Waals surface area (Å²) in [4.78, 5) is 20.5. The minimum absolute atomic E-state index is 0.195. The second-order valence-corrected chi connectivity index (χ2v) is 9.52. The maximum atomic E-state index is 14.2. The highest BCUT2D eigenvalue weighted by molar-refractivity contribution is 5.88. The van der Waals surface area contributed by atoms with Crippen LogP contribution in [0.15, 0.2) is 42.7 Å². The number of aromatic nitrogens is 3. The molecule has 2 aliphatic heterocycles. The van der Waals surface area contributed by atoms with Gasteiger partial charge in [-0.05, 0) is 50.8 Å². The Balaban J connectivity index is 1.40. The molecule has 1 unspecified atom stereocenters. The zero-order valence-electron chi connectivity index (χ0n) is 19.5. The molecule has 0 aliphatic carbocycles. The van der Waals surface area contributed by atoms with Gasteiger partial charge in [0.15, 0.2) is 5.65 Å². The molecule has 4 heterocycles. The monoisotopic (exact) mass is 448 g/mol. The van der Waals surface area contributed by atoms with Crippen LogP contribution < -0.4 is 0 Å². The Hall–Kier alpha value is -2.77. The number of carbonyl (C=O) groups excluding carboxylic acids is 1. The van der Waals surface area contributed by atoms with E-state index >= 15 is 0 Å². The van der Waals surface area contributed by atoms with Gasteiger partial charge in [-0.1, -0.05) is 29.3 Å². The number of benzene rings is 1. The van der Waals surface area contributed by atoms with Crippen molar-refractivity contribution in [3.63, 3.8) is 0 Å². The van der Waals surface area contributed by atoms with Gasteiger partial charge in [0.1, 0.15) is 0 Å². The summed E-state index contributed by atoms with van der Waals surface area (Å²) in [5.41, 5.74) is 4.81. The van der Waals surface area contributed by atoms with Crippen LogP contribution in [0.4, 0.5) is 0 Å². The van der Waals surface area contributed by atoms with E-state index in [4.69, 9.17) is 9.47 Å². The summed E-state index contributed by atoms with van der Waals surface area (Å²) < 4.78 is 13.4. The molecule has 2 saturated heterocycles. The minimum atomic E-state index is -0.530. The van der Waals surface area contributed by atoms with E-state index in [2.05, 4.69) is 42.1 Å². The highest BCUT2D eigenvalue weighted by Crippen LogP contribution is 2.38. The van der Waals surface area contributed by atoms with Crippen molar-refractivity contribution in [3.05, 3.63) is 65.1 Å². The number of hydrogen-bond donors (Lipinski definition) is 0. The van der Waals surface area contributed by atoms with Crippen LogP contribution >= 0.6 is 0 Å². The summed E-state index contributed by atoms with van der Waals surface area (Å²) in [5, 5.41) is 4.68. The van der Waals surface area contributed by atoms with Crippen molar-refractivity contribution in [1.29, 1.82) is 0 Å².